The maximum atomic E-state index is 12.2. The molecule has 0 radical (unpaired) electrons. The Morgan fingerprint density at radius 1 is 1.18 bits per heavy atom. The Morgan fingerprint density at radius 2 is 1.73 bits per heavy atom. The van der Waals surface area contributed by atoms with Crippen LogP contribution in [0.1, 0.15) is 47.0 Å². The molecule has 1 atom stereocenters. The fourth-order valence-corrected chi connectivity index (χ4v) is 3.74. The Labute approximate surface area is 148 Å². The molecule has 1 aliphatic heterocycles. The highest BCUT2D eigenvalue weighted by atomic mass is 35.5. The number of piperidine rings is 1. The third-order valence-electron chi connectivity index (χ3n) is 5.10. The normalized spacial score (nSPS) is 22.4. The fraction of sp³-hybridized carbons (Fsp3) is 0.938. The summed E-state index contributed by atoms with van der Waals surface area (Å²) in [6.45, 7) is 12.7. The minimum absolute atomic E-state index is 0. The SMILES string of the molecule is CC(C)N(CCNC(=O)C1CC12CCNCC2)C(C)C.Cl.Cl. The van der Waals surface area contributed by atoms with E-state index in [1.165, 1.54) is 12.8 Å². The van der Waals surface area contributed by atoms with Crippen LogP contribution in [0.5, 0.6) is 0 Å². The molecular formula is C16H33Cl2N3O. The molecule has 2 aliphatic rings. The summed E-state index contributed by atoms with van der Waals surface area (Å²) in [6.07, 6.45) is 3.46. The summed E-state index contributed by atoms with van der Waals surface area (Å²) in [5.74, 6) is 0.579. The van der Waals surface area contributed by atoms with Gasteiger partial charge in [0.1, 0.15) is 0 Å². The highest BCUT2D eigenvalue weighted by Gasteiger charge is 2.57. The molecule has 0 bridgehead atoms. The highest BCUT2D eigenvalue weighted by molar-refractivity contribution is 5.85. The Bertz CT molecular complexity index is 336. The number of hydrogen-bond donors (Lipinski definition) is 2. The number of amides is 1. The summed E-state index contributed by atoms with van der Waals surface area (Å²) in [4.78, 5) is 14.7. The molecule has 4 nitrogen and oxygen atoms in total. The van der Waals surface area contributed by atoms with E-state index in [0.717, 1.165) is 32.6 Å². The van der Waals surface area contributed by atoms with Crippen molar-refractivity contribution < 1.29 is 4.79 Å². The van der Waals surface area contributed by atoms with Gasteiger partial charge in [-0.05, 0) is 65.5 Å². The molecule has 1 saturated carbocycles. The van der Waals surface area contributed by atoms with Gasteiger partial charge in [0.25, 0.3) is 0 Å². The van der Waals surface area contributed by atoms with Crippen molar-refractivity contribution in [2.75, 3.05) is 26.2 Å². The molecule has 132 valence electrons. The van der Waals surface area contributed by atoms with E-state index in [0.29, 0.717) is 23.4 Å². The molecule has 2 rings (SSSR count). The summed E-state index contributed by atoms with van der Waals surface area (Å²) in [5, 5.41) is 6.54. The van der Waals surface area contributed by atoms with Gasteiger partial charge >= 0.3 is 0 Å². The minimum Gasteiger partial charge on any atom is -0.355 e. The monoisotopic (exact) mass is 353 g/mol. The van der Waals surface area contributed by atoms with Gasteiger partial charge in [0.2, 0.25) is 5.91 Å². The molecule has 2 N–H and O–H groups in total. The first-order valence-corrected chi connectivity index (χ1v) is 8.20. The van der Waals surface area contributed by atoms with Gasteiger partial charge in [-0.3, -0.25) is 9.69 Å². The van der Waals surface area contributed by atoms with Crippen LogP contribution in [0.25, 0.3) is 0 Å². The van der Waals surface area contributed by atoms with Crippen LogP contribution >= 0.6 is 24.8 Å². The van der Waals surface area contributed by atoms with E-state index in [4.69, 9.17) is 0 Å². The molecule has 2 fully saturated rings. The molecule has 6 heteroatoms. The smallest absolute Gasteiger partial charge is 0.223 e. The van der Waals surface area contributed by atoms with Gasteiger partial charge in [0.05, 0.1) is 0 Å². The lowest BCUT2D eigenvalue weighted by Crippen LogP contribution is -2.43. The summed E-state index contributed by atoms with van der Waals surface area (Å²) in [6, 6.07) is 1.06. The zero-order valence-electron chi connectivity index (χ0n) is 14.4. The Morgan fingerprint density at radius 3 is 2.23 bits per heavy atom. The van der Waals surface area contributed by atoms with Gasteiger partial charge in [0, 0.05) is 31.1 Å². The molecule has 1 unspecified atom stereocenters. The maximum absolute atomic E-state index is 12.2. The van der Waals surface area contributed by atoms with Crippen molar-refractivity contribution >= 4 is 30.7 Å². The van der Waals surface area contributed by atoms with Crippen LogP contribution in [-0.2, 0) is 4.79 Å². The minimum atomic E-state index is 0. The first-order chi connectivity index (χ1) is 9.46. The summed E-state index contributed by atoms with van der Waals surface area (Å²) in [7, 11) is 0. The molecule has 1 heterocycles. The van der Waals surface area contributed by atoms with Gasteiger partial charge < -0.3 is 10.6 Å². The largest absolute Gasteiger partial charge is 0.355 e. The van der Waals surface area contributed by atoms with Crippen LogP contribution in [0.2, 0.25) is 0 Å². The lowest BCUT2D eigenvalue weighted by atomic mass is 9.92. The number of nitrogens with one attached hydrogen (secondary N) is 2. The number of carbonyl (C=O) groups is 1. The maximum Gasteiger partial charge on any atom is 0.223 e. The second kappa shape index (κ2) is 9.31. The zero-order valence-corrected chi connectivity index (χ0v) is 16.0. The van der Waals surface area contributed by atoms with Crippen LogP contribution in [-0.4, -0.2) is 49.1 Å². The lowest BCUT2D eigenvalue weighted by Gasteiger charge is -2.30. The van der Waals surface area contributed by atoms with Crippen molar-refractivity contribution in [1.82, 2.24) is 15.5 Å². The first kappa shape index (κ1) is 22.0. The fourth-order valence-electron chi connectivity index (χ4n) is 3.74. The van der Waals surface area contributed by atoms with E-state index >= 15 is 0 Å². The number of nitrogens with zero attached hydrogens (tertiary/aromatic N) is 1. The molecule has 22 heavy (non-hydrogen) atoms. The average molecular weight is 354 g/mol. The van der Waals surface area contributed by atoms with Gasteiger partial charge in [-0.25, -0.2) is 0 Å². The van der Waals surface area contributed by atoms with Crippen LogP contribution < -0.4 is 10.6 Å². The van der Waals surface area contributed by atoms with E-state index in [9.17, 15) is 4.79 Å². The van der Waals surface area contributed by atoms with Crippen LogP contribution in [0, 0.1) is 11.3 Å². The van der Waals surface area contributed by atoms with Crippen molar-refractivity contribution in [1.29, 1.82) is 0 Å². The quantitative estimate of drug-likeness (QED) is 0.770. The van der Waals surface area contributed by atoms with Crippen molar-refractivity contribution in [3.05, 3.63) is 0 Å². The van der Waals surface area contributed by atoms with E-state index < -0.39 is 0 Å². The molecule has 1 spiro atoms. The van der Waals surface area contributed by atoms with E-state index in [2.05, 4.69) is 43.2 Å². The predicted molar refractivity (Wildman–Crippen MR) is 97.1 cm³/mol. The third-order valence-corrected chi connectivity index (χ3v) is 5.10. The summed E-state index contributed by atoms with van der Waals surface area (Å²) in [5.41, 5.74) is 0.352. The Balaban J connectivity index is 0.00000220. The molecular weight excluding hydrogens is 321 g/mol. The van der Waals surface area contributed by atoms with E-state index in [1.807, 2.05) is 0 Å². The first-order valence-electron chi connectivity index (χ1n) is 8.20. The molecule has 0 aromatic heterocycles. The van der Waals surface area contributed by atoms with Crippen molar-refractivity contribution in [2.45, 2.75) is 59.0 Å². The Kier molecular flexibility index (Phi) is 9.30. The van der Waals surface area contributed by atoms with E-state index in [-0.39, 0.29) is 30.7 Å². The van der Waals surface area contributed by atoms with Crippen molar-refractivity contribution in [2.24, 2.45) is 11.3 Å². The second-order valence-electron chi connectivity index (χ2n) is 7.09. The van der Waals surface area contributed by atoms with Crippen molar-refractivity contribution in [3.8, 4) is 0 Å². The van der Waals surface area contributed by atoms with E-state index in [1.54, 1.807) is 0 Å². The predicted octanol–water partition coefficient (Wildman–Crippen LogP) is 2.45. The average Bonchev–Trinajstić information content (AvgIpc) is 3.08. The van der Waals surface area contributed by atoms with Gasteiger partial charge in [-0.2, -0.15) is 0 Å². The Hall–Kier alpha value is -0.0300. The van der Waals surface area contributed by atoms with Gasteiger partial charge in [0.15, 0.2) is 0 Å². The van der Waals surface area contributed by atoms with Crippen LogP contribution in [0.3, 0.4) is 0 Å². The number of carbonyl (C=O) groups excluding carboxylic acids is 1. The molecule has 1 saturated heterocycles. The van der Waals surface area contributed by atoms with Crippen molar-refractivity contribution in [3.63, 3.8) is 0 Å². The van der Waals surface area contributed by atoms with Crippen LogP contribution in [0.15, 0.2) is 0 Å². The highest BCUT2D eigenvalue weighted by Crippen LogP contribution is 2.58. The van der Waals surface area contributed by atoms with Gasteiger partial charge in [-0.1, -0.05) is 0 Å². The second-order valence-corrected chi connectivity index (χ2v) is 7.09. The third kappa shape index (κ3) is 5.26. The molecule has 1 amide bonds. The topological polar surface area (TPSA) is 44.4 Å². The summed E-state index contributed by atoms with van der Waals surface area (Å²) >= 11 is 0. The number of hydrogen-bond acceptors (Lipinski definition) is 3. The summed E-state index contributed by atoms with van der Waals surface area (Å²) < 4.78 is 0. The molecule has 1 aliphatic carbocycles. The molecule has 0 aromatic rings. The molecule has 0 aromatic carbocycles. The number of rotatable bonds is 6. The lowest BCUT2D eigenvalue weighted by molar-refractivity contribution is -0.123. The standard InChI is InChI=1S/C16H31N3O.2ClH/c1-12(2)19(13(3)4)10-9-18-15(20)14-11-16(14)5-7-17-8-6-16;;/h12-14,17H,5-11H2,1-4H3,(H,18,20);2*1H. The van der Waals surface area contributed by atoms with Crippen LogP contribution in [0.4, 0.5) is 0 Å². The number of halogens is 2. The zero-order chi connectivity index (χ0) is 14.8. The van der Waals surface area contributed by atoms with Gasteiger partial charge in [-0.15, -0.1) is 24.8 Å².